The van der Waals surface area contributed by atoms with Crippen LogP contribution in [-0.4, -0.2) is 29.6 Å². The molecule has 23 heavy (non-hydrogen) atoms. The maximum absolute atomic E-state index is 12.0. The van der Waals surface area contributed by atoms with E-state index < -0.39 is 17.9 Å². The molecule has 0 saturated heterocycles. The van der Waals surface area contributed by atoms with Gasteiger partial charge < -0.3 is 15.7 Å². The fraction of sp³-hybridized carbons (Fsp3) is 0.556. The van der Waals surface area contributed by atoms with E-state index in [4.69, 9.17) is 0 Å². The quantitative estimate of drug-likeness (QED) is 0.746. The van der Waals surface area contributed by atoms with Gasteiger partial charge in [0.05, 0.1) is 6.10 Å². The molecule has 0 aliphatic carbocycles. The number of hydrogen-bond acceptors (Lipinski definition) is 3. The molecule has 0 aliphatic rings. The maximum Gasteiger partial charge on any atom is 0.313 e. The molecule has 128 valence electrons. The van der Waals surface area contributed by atoms with Crippen LogP contribution in [-0.2, 0) is 9.59 Å². The van der Waals surface area contributed by atoms with E-state index >= 15 is 0 Å². The van der Waals surface area contributed by atoms with Gasteiger partial charge >= 0.3 is 11.8 Å². The SMILES string of the molecule is Cc1cc(C)c(NC(=O)C(=O)NCCC(O)C(C)(C)C)c(C)c1. The zero-order chi connectivity index (χ0) is 17.8. The summed E-state index contributed by atoms with van der Waals surface area (Å²) in [5.74, 6) is -1.38. The summed E-state index contributed by atoms with van der Waals surface area (Å²) in [6.45, 7) is 11.8. The van der Waals surface area contributed by atoms with Gasteiger partial charge in [-0.1, -0.05) is 38.5 Å². The van der Waals surface area contributed by atoms with Gasteiger partial charge in [0.1, 0.15) is 0 Å². The van der Waals surface area contributed by atoms with Gasteiger partial charge in [0.25, 0.3) is 0 Å². The van der Waals surface area contributed by atoms with Gasteiger partial charge in [-0.2, -0.15) is 0 Å². The number of aliphatic hydroxyl groups is 1. The van der Waals surface area contributed by atoms with Crippen LogP contribution < -0.4 is 10.6 Å². The van der Waals surface area contributed by atoms with E-state index in [1.54, 1.807) is 0 Å². The number of aryl methyl sites for hydroxylation is 3. The summed E-state index contributed by atoms with van der Waals surface area (Å²) in [5.41, 5.74) is 3.38. The summed E-state index contributed by atoms with van der Waals surface area (Å²) in [7, 11) is 0. The first-order valence-corrected chi connectivity index (χ1v) is 7.87. The van der Waals surface area contributed by atoms with Crippen molar-refractivity contribution in [2.45, 2.75) is 54.1 Å². The number of aliphatic hydroxyl groups excluding tert-OH is 1. The first kappa shape index (κ1) is 19.2. The van der Waals surface area contributed by atoms with Crippen molar-refractivity contribution in [2.75, 3.05) is 11.9 Å². The maximum atomic E-state index is 12.0. The van der Waals surface area contributed by atoms with Gasteiger partial charge in [0.2, 0.25) is 0 Å². The van der Waals surface area contributed by atoms with Crippen LogP contribution >= 0.6 is 0 Å². The third-order valence-electron chi connectivity index (χ3n) is 3.82. The van der Waals surface area contributed by atoms with Crippen molar-refractivity contribution in [1.29, 1.82) is 0 Å². The summed E-state index contributed by atoms with van der Waals surface area (Å²) in [6.07, 6.45) is -0.127. The van der Waals surface area contributed by atoms with Gasteiger partial charge in [-0.3, -0.25) is 9.59 Å². The second-order valence-electron chi connectivity index (χ2n) is 7.15. The highest BCUT2D eigenvalue weighted by molar-refractivity contribution is 6.39. The topological polar surface area (TPSA) is 78.4 Å². The number of benzene rings is 1. The molecule has 0 fully saturated rings. The Balaban J connectivity index is 2.57. The molecule has 0 aromatic heterocycles. The Kier molecular flexibility index (Phi) is 6.33. The van der Waals surface area contributed by atoms with Crippen LogP contribution in [0.15, 0.2) is 12.1 Å². The van der Waals surface area contributed by atoms with Crippen molar-refractivity contribution >= 4 is 17.5 Å². The summed E-state index contributed by atoms with van der Waals surface area (Å²) in [6, 6.07) is 3.92. The molecule has 0 heterocycles. The highest BCUT2D eigenvalue weighted by Gasteiger charge is 2.22. The predicted octanol–water partition coefficient (Wildman–Crippen LogP) is 2.46. The number of amides is 2. The lowest BCUT2D eigenvalue weighted by Gasteiger charge is -2.25. The molecule has 1 rings (SSSR count). The minimum Gasteiger partial charge on any atom is -0.393 e. The molecule has 0 bridgehead atoms. The van der Waals surface area contributed by atoms with E-state index in [2.05, 4.69) is 10.6 Å². The van der Waals surface area contributed by atoms with Crippen LogP contribution in [0.1, 0.15) is 43.9 Å². The third-order valence-corrected chi connectivity index (χ3v) is 3.82. The summed E-state index contributed by atoms with van der Waals surface area (Å²) in [5, 5.41) is 15.1. The number of nitrogens with one attached hydrogen (secondary N) is 2. The largest absolute Gasteiger partial charge is 0.393 e. The number of carbonyl (C=O) groups is 2. The first-order chi connectivity index (χ1) is 10.5. The molecule has 0 radical (unpaired) electrons. The second kappa shape index (κ2) is 7.59. The number of anilines is 1. The molecule has 0 aliphatic heterocycles. The molecule has 2 amide bonds. The van der Waals surface area contributed by atoms with Crippen LogP contribution in [0, 0.1) is 26.2 Å². The Morgan fingerprint density at radius 3 is 2.09 bits per heavy atom. The van der Waals surface area contributed by atoms with E-state index in [1.807, 2.05) is 53.7 Å². The van der Waals surface area contributed by atoms with E-state index in [0.29, 0.717) is 12.1 Å². The minimum atomic E-state index is -0.690. The van der Waals surface area contributed by atoms with E-state index in [-0.39, 0.29) is 12.0 Å². The Labute approximate surface area is 138 Å². The summed E-state index contributed by atoms with van der Waals surface area (Å²) in [4.78, 5) is 23.9. The Morgan fingerprint density at radius 1 is 1.09 bits per heavy atom. The Bertz CT molecular complexity index is 565. The Morgan fingerprint density at radius 2 is 1.61 bits per heavy atom. The monoisotopic (exact) mass is 320 g/mol. The fourth-order valence-corrected chi connectivity index (χ4v) is 2.38. The first-order valence-electron chi connectivity index (χ1n) is 7.87. The van der Waals surface area contributed by atoms with Crippen LogP contribution in [0.5, 0.6) is 0 Å². The van der Waals surface area contributed by atoms with Crippen molar-refractivity contribution in [3.05, 3.63) is 28.8 Å². The minimum absolute atomic E-state index is 0.247. The highest BCUT2D eigenvalue weighted by Crippen LogP contribution is 2.22. The van der Waals surface area contributed by atoms with Gasteiger partial charge in [0.15, 0.2) is 0 Å². The number of rotatable bonds is 4. The number of hydrogen-bond donors (Lipinski definition) is 3. The van der Waals surface area contributed by atoms with Crippen molar-refractivity contribution in [3.63, 3.8) is 0 Å². The van der Waals surface area contributed by atoms with Crippen LogP contribution in [0.2, 0.25) is 0 Å². The van der Waals surface area contributed by atoms with Crippen molar-refractivity contribution in [2.24, 2.45) is 5.41 Å². The zero-order valence-corrected chi connectivity index (χ0v) is 14.9. The molecule has 1 atom stereocenters. The molecule has 0 saturated carbocycles. The average Bonchev–Trinajstić information content (AvgIpc) is 2.41. The smallest absolute Gasteiger partial charge is 0.313 e. The Hall–Kier alpha value is -1.88. The molecular formula is C18H28N2O3. The molecular weight excluding hydrogens is 292 g/mol. The van der Waals surface area contributed by atoms with Crippen LogP contribution in [0.4, 0.5) is 5.69 Å². The lowest BCUT2D eigenvalue weighted by molar-refractivity contribution is -0.136. The van der Waals surface area contributed by atoms with E-state index in [9.17, 15) is 14.7 Å². The highest BCUT2D eigenvalue weighted by atomic mass is 16.3. The fourth-order valence-electron chi connectivity index (χ4n) is 2.38. The standard InChI is InChI=1S/C18H28N2O3/c1-11-9-12(2)15(13(3)10-11)20-17(23)16(22)19-8-7-14(21)18(4,5)6/h9-10,14,21H,7-8H2,1-6H3,(H,19,22)(H,20,23). The number of carbonyl (C=O) groups excluding carboxylic acids is 2. The summed E-state index contributed by atoms with van der Waals surface area (Å²) < 4.78 is 0. The van der Waals surface area contributed by atoms with Gasteiger partial charge in [-0.15, -0.1) is 0 Å². The van der Waals surface area contributed by atoms with Crippen molar-refractivity contribution < 1.29 is 14.7 Å². The molecule has 1 aromatic rings. The van der Waals surface area contributed by atoms with Crippen LogP contribution in [0.25, 0.3) is 0 Å². The molecule has 3 N–H and O–H groups in total. The summed E-state index contributed by atoms with van der Waals surface area (Å²) >= 11 is 0. The lowest BCUT2D eigenvalue weighted by Crippen LogP contribution is -2.38. The van der Waals surface area contributed by atoms with Crippen molar-refractivity contribution in [1.82, 2.24) is 5.32 Å². The normalized spacial score (nSPS) is 12.7. The van der Waals surface area contributed by atoms with Crippen molar-refractivity contribution in [3.8, 4) is 0 Å². The third kappa shape index (κ3) is 5.67. The lowest BCUT2D eigenvalue weighted by atomic mass is 9.87. The molecule has 1 unspecified atom stereocenters. The van der Waals surface area contributed by atoms with E-state index in [1.165, 1.54) is 0 Å². The van der Waals surface area contributed by atoms with Gasteiger partial charge in [-0.25, -0.2) is 0 Å². The van der Waals surface area contributed by atoms with Gasteiger partial charge in [-0.05, 0) is 43.7 Å². The van der Waals surface area contributed by atoms with E-state index in [0.717, 1.165) is 16.7 Å². The average molecular weight is 320 g/mol. The molecule has 5 heteroatoms. The van der Waals surface area contributed by atoms with Crippen LogP contribution in [0.3, 0.4) is 0 Å². The molecule has 5 nitrogen and oxygen atoms in total. The predicted molar refractivity (Wildman–Crippen MR) is 92.4 cm³/mol. The van der Waals surface area contributed by atoms with Gasteiger partial charge in [0, 0.05) is 12.2 Å². The zero-order valence-electron chi connectivity index (χ0n) is 14.9. The molecule has 0 spiro atoms. The molecule has 1 aromatic carbocycles. The second-order valence-corrected chi connectivity index (χ2v) is 7.15.